The summed E-state index contributed by atoms with van der Waals surface area (Å²) in [6, 6.07) is 11.1. The van der Waals surface area contributed by atoms with E-state index < -0.39 is 0 Å². The van der Waals surface area contributed by atoms with Crippen LogP contribution in [0.15, 0.2) is 42.5 Å². The zero-order valence-electron chi connectivity index (χ0n) is 11.0. The minimum absolute atomic E-state index is 0.548. The molecule has 3 rings (SSSR count). The molecule has 2 nitrogen and oxygen atoms in total. The minimum Gasteiger partial charge on any atom is -0.362 e. The average molecular weight is 272 g/mol. The highest BCUT2D eigenvalue weighted by Gasteiger charge is 2.35. The molecule has 0 aliphatic heterocycles. The van der Waals surface area contributed by atoms with Crippen molar-refractivity contribution in [1.29, 1.82) is 0 Å². The minimum atomic E-state index is 0.548. The molecule has 0 spiro atoms. The Labute approximate surface area is 120 Å². The van der Waals surface area contributed by atoms with Crippen molar-refractivity contribution in [2.24, 2.45) is 11.8 Å². The van der Waals surface area contributed by atoms with Crippen molar-refractivity contribution < 1.29 is 0 Å². The van der Waals surface area contributed by atoms with Crippen LogP contribution in [0.2, 0.25) is 0 Å². The molecule has 0 radical (unpaired) electrons. The van der Waals surface area contributed by atoms with Crippen molar-refractivity contribution in [1.82, 2.24) is 10.6 Å². The maximum absolute atomic E-state index is 5.38. The van der Waals surface area contributed by atoms with Crippen LogP contribution < -0.4 is 10.6 Å². The smallest absolute Gasteiger partial charge is 0.166 e. The summed E-state index contributed by atoms with van der Waals surface area (Å²) in [4.78, 5) is 0. The van der Waals surface area contributed by atoms with Gasteiger partial charge in [-0.1, -0.05) is 42.5 Å². The fourth-order valence-corrected chi connectivity index (χ4v) is 3.38. The predicted molar refractivity (Wildman–Crippen MR) is 83.0 cm³/mol. The maximum Gasteiger partial charge on any atom is 0.166 e. The highest BCUT2D eigenvalue weighted by Crippen LogP contribution is 2.38. The van der Waals surface area contributed by atoms with Gasteiger partial charge in [0.2, 0.25) is 0 Å². The Hall–Kier alpha value is -1.35. The third kappa shape index (κ3) is 3.16. The van der Waals surface area contributed by atoms with Gasteiger partial charge < -0.3 is 10.6 Å². The van der Waals surface area contributed by atoms with Gasteiger partial charge in [0, 0.05) is 12.6 Å². The second-order valence-electron chi connectivity index (χ2n) is 5.52. The SMILES string of the molecule is S=C(NCCc1ccccc1)N[C@H]1C[C@@H]2C=C[C@@H]1C2. The number of hydrogen-bond acceptors (Lipinski definition) is 1. The Morgan fingerprint density at radius 2 is 2.00 bits per heavy atom. The summed E-state index contributed by atoms with van der Waals surface area (Å²) in [6.07, 6.45) is 8.26. The summed E-state index contributed by atoms with van der Waals surface area (Å²) in [5.41, 5.74) is 1.35. The Morgan fingerprint density at radius 1 is 1.16 bits per heavy atom. The van der Waals surface area contributed by atoms with Crippen molar-refractivity contribution in [2.75, 3.05) is 6.54 Å². The number of thiocarbonyl (C=S) groups is 1. The van der Waals surface area contributed by atoms with E-state index >= 15 is 0 Å². The molecule has 1 aromatic carbocycles. The first-order valence-corrected chi connectivity index (χ1v) is 7.49. The van der Waals surface area contributed by atoms with Gasteiger partial charge in [-0.25, -0.2) is 0 Å². The molecule has 3 heteroatoms. The second kappa shape index (κ2) is 5.74. The molecule has 1 aromatic rings. The normalized spacial score (nSPS) is 27.5. The Morgan fingerprint density at radius 3 is 2.68 bits per heavy atom. The molecule has 0 amide bonds. The lowest BCUT2D eigenvalue weighted by atomic mass is 10.0. The first-order chi connectivity index (χ1) is 9.31. The molecule has 2 N–H and O–H groups in total. The average Bonchev–Trinajstić information content (AvgIpc) is 3.02. The third-order valence-corrected chi connectivity index (χ3v) is 4.40. The molecule has 2 bridgehead atoms. The molecule has 19 heavy (non-hydrogen) atoms. The van der Waals surface area contributed by atoms with Crippen LogP contribution in [-0.2, 0) is 6.42 Å². The van der Waals surface area contributed by atoms with E-state index in [4.69, 9.17) is 12.2 Å². The van der Waals surface area contributed by atoms with Crippen molar-refractivity contribution >= 4 is 17.3 Å². The van der Waals surface area contributed by atoms with Gasteiger partial charge >= 0.3 is 0 Å². The maximum atomic E-state index is 5.38. The van der Waals surface area contributed by atoms with E-state index in [0.29, 0.717) is 12.0 Å². The Balaban J connectivity index is 1.39. The van der Waals surface area contributed by atoms with Crippen molar-refractivity contribution in [3.05, 3.63) is 48.0 Å². The summed E-state index contributed by atoms with van der Waals surface area (Å²) >= 11 is 5.38. The number of allylic oxidation sites excluding steroid dienone is 1. The van der Waals surface area contributed by atoms with Crippen LogP contribution in [0.3, 0.4) is 0 Å². The summed E-state index contributed by atoms with van der Waals surface area (Å²) in [5.74, 6) is 1.48. The molecule has 2 aliphatic carbocycles. The largest absolute Gasteiger partial charge is 0.362 e. The van der Waals surface area contributed by atoms with E-state index in [9.17, 15) is 0 Å². The standard InChI is InChI=1S/C16H20N2S/c19-16(17-9-8-12-4-2-1-3-5-12)18-15-11-13-6-7-14(15)10-13/h1-7,13-15H,8-11H2,(H2,17,18,19)/t13-,14-,15+/m1/s1. The van der Waals surface area contributed by atoms with Crippen molar-refractivity contribution in [3.63, 3.8) is 0 Å². The summed E-state index contributed by atoms with van der Waals surface area (Å²) in [5, 5.41) is 7.59. The number of hydrogen-bond donors (Lipinski definition) is 2. The summed E-state index contributed by atoms with van der Waals surface area (Å²) in [6.45, 7) is 0.895. The van der Waals surface area contributed by atoms with Gasteiger partial charge in [-0.15, -0.1) is 0 Å². The number of nitrogens with one attached hydrogen (secondary N) is 2. The first kappa shape index (κ1) is 12.7. The molecule has 0 saturated heterocycles. The predicted octanol–water partition coefficient (Wildman–Crippen LogP) is 2.66. The van der Waals surface area contributed by atoms with E-state index in [2.05, 4.69) is 47.1 Å². The van der Waals surface area contributed by atoms with E-state index in [-0.39, 0.29) is 0 Å². The molecule has 0 aromatic heterocycles. The van der Waals surface area contributed by atoms with Crippen LogP contribution in [0.5, 0.6) is 0 Å². The van der Waals surface area contributed by atoms with Gasteiger partial charge in [-0.05, 0) is 48.9 Å². The Bertz CT molecular complexity index is 469. The van der Waals surface area contributed by atoms with E-state index in [1.165, 1.54) is 18.4 Å². The van der Waals surface area contributed by atoms with Gasteiger partial charge in [0.25, 0.3) is 0 Å². The van der Waals surface area contributed by atoms with Gasteiger partial charge in [0.05, 0.1) is 0 Å². The lowest BCUT2D eigenvalue weighted by molar-refractivity contribution is 0.520. The van der Waals surface area contributed by atoms with E-state index in [0.717, 1.165) is 24.0 Å². The van der Waals surface area contributed by atoms with E-state index in [1.807, 2.05) is 6.07 Å². The van der Waals surface area contributed by atoms with Crippen LogP contribution in [0.4, 0.5) is 0 Å². The van der Waals surface area contributed by atoms with Crippen LogP contribution in [0.25, 0.3) is 0 Å². The van der Waals surface area contributed by atoms with Crippen molar-refractivity contribution in [2.45, 2.75) is 25.3 Å². The molecule has 0 heterocycles. The second-order valence-corrected chi connectivity index (χ2v) is 5.93. The molecule has 100 valence electrons. The van der Waals surface area contributed by atoms with Crippen molar-refractivity contribution in [3.8, 4) is 0 Å². The highest BCUT2D eigenvalue weighted by molar-refractivity contribution is 7.80. The topological polar surface area (TPSA) is 24.1 Å². The van der Waals surface area contributed by atoms with Gasteiger partial charge in [0.1, 0.15) is 0 Å². The monoisotopic (exact) mass is 272 g/mol. The van der Waals surface area contributed by atoms with Crippen LogP contribution in [0, 0.1) is 11.8 Å². The fraction of sp³-hybridized carbons (Fsp3) is 0.438. The molecular formula is C16H20N2S. The van der Waals surface area contributed by atoms with E-state index in [1.54, 1.807) is 0 Å². The van der Waals surface area contributed by atoms with Gasteiger partial charge in [-0.2, -0.15) is 0 Å². The zero-order chi connectivity index (χ0) is 13.1. The van der Waals surface area contributed by atoms with Crippen LogP contribution in [-0.4, -0.2) is 17.7 Å². The zero-order valence-corrected chi connectivity index (χ0v) is 11.8. The Kier molecular flexibility index (Phi) is 3.83. The third-order valence-electron chi connectivity index (χ3n) is 4.14. The van der Waals surface area contributed by atoms with Gasteiger partial charge in [-0.3, -0.25) is 0 Å². The fourth-order valence-electron chi connectivity index (χ4n) is 3.13. The molecule has 3 atom stereocenters. The molecular weight excluding hydrogens is 252 g/mol. The molecule has 1 fully saturated rings. The quantitative estimate of drug-likeness (QED) is 0.651. The summed E-state index contributed by atoms with van der Waals surface area (Å²) in [7, 11) is 0. The number of rotatable bonds is 4. The highest BCUT2D eigenvalue weighted by atomic mass is 32.1. The number of fused-ring (bicyclic) bond motifs is 2. The molecule has 1 saturated carbocycles. The molecule has 0 unspecified atom stereocenters. The van der Waals surface area contributed by atoms with Crippen LogP contribution in [0.1, 0.15) is 18.4 Å². The lowest BCUT2D eigenvalue weighted by Gasteiger charge is -2.21. The first-order valence-electron chi connectivity index (χ1n) is 7.08. The lowest BCUT2D eigenvalue weighted by Crippen LogP contribution is -2.44. The number of benzene rings is 1. The van der Waals surface area contributed by atoms with Crippen LogP contribution >= 0.6 is 12.2 Å². The molecule has 2 aliphatic rings. The van der Waals surface area contributed by atoms with Gasteiger partial charge in [0.15, 0.2) is 5.11 Å². The summed E-state index contributed by atoms with van der Waals surface area (Å²) < 4.78 is 0.